The molecule has 3 N–H and O–H groups in total. The number of aromatic amines is 1. The number of aliphatic hydroxyl groups excluding tert-OH is 1. The van der Waals surface area contributed by atoms with Crippen LogP contribution in [0.3, 0.4) is 0 Å². The monoisotopic (exact) mass is 488 g/mol. The van der Waals surface area contributed by atoms with Crippen molar-refractivity contribution in [3.8, 4) is 11.5 Å². The van der Waals surface area contributed by atoms with Gasteiger partial charge in [0.15, 0.2) is 23.1 Å². The number of aryl methyl sites for hydroxylation is 1. The fraction of sp³-hybridized carbons (Fsp3) is 0.333. The van der Waals surface area contributed by atoms with E-state index in [-0.39, 0.29) is 40.5 Å². The lowest BCUT2D eigenvalue weighted by Crippen LogP contribution is -2.43. The molecule has 0 radical (unpaired) electrons. The van der Waals surface area contributed by atoms with Crippen LogP contribution in [-0.2, 0) is 11.2 Å². The third-order valence-corrected chi connectivity index (χ3v) is 5.01. The van der Waals surface area contributed by atoms with Crippen molar-refractivity contribution in [2.45, 2.75) is 24.7 Å². The molecular formula is C21H18F6N4O3. The zero-order chi connectivity index (χ0) is 24.5. The van der Waals surface area contributed by atoms with Crippen LogP contribution in [0.5, 0.6) is 11.5 Å². The Kier molecular flexibility index (Phi) is 6.30. The zero-order valence-electron chi connectivity index (χ0n) is 17.3. The topological polar surface area (TPSA) is 91.8 Å². The standard InChI is InChI=1S/C21H18F6N4O3/c22-13-5-12(31-19-30-8-20(24,9-32)10-33-19)6-14(23)17(13)34-15-2-4-28-18-16(15)11(7-29-18)1-3-21(25,26)27/h2,4-7,32H,1,3,8-10H2,(H,28,29)(H,30,31)/t20-/m1/s1. The summed E-state index contributed by atoms with van der Waals surface area (Å²) >= 11 is 0. The Morgan fingerprint density at radius 3 is 2.59 bits per heavy atom. The lowest BCUT2D eigenvalue weighted by Gasteiger charge is -2.26. The predicted octanol–water partition coefficient (Wildman–Crippen LogP) is 4.63. The highest BCUT2D eigenvalue weighted by atomic mass is 19.4. The van der Waals surface area contributed by atoms with Crippen LogP contribution >= 0.6 is 0 Å². The van der Waals surface area contributed by atoms with Gasteiger partial charge in [0.25, 0.3) is 6.02 Å². The van der Waals surface area contributed by atoms with Crippen molar-refractivity contribution in [3.05, 3.63) is 47.8 Å². The molecule has 182 valence electrons. The summed E-state index contributed by atoms with van der Waals surface area (Å²) in [6.07, 6.45) is -3.24. The van der Waals surface area contributed by atoms with Crippen LogP contribution < -0.4 is 10.1 Å². The normalized spacial score (nSPS) is 18.5. The highest BCUT2D eigenvalue weighted by Crippen LogP contribution is 2.36. The highest BCUT2D eigenvalue weighted by molar-refractivity contribution is 5.90. The molecule has 34 heavy (non-hydrogen) atoms. The Morgan fingerprint density at radius 1 is 1.24 bits per heavy atom. The van der Waals surface area contributed by atoms with Crippen LogP contribution in [0.2, 0.25) is 0 Å². The number of ether oxygens (including phenoxy) is 2. The van der Waals surface area contributed by atoms with Gasteiger partial charge in [0.05, 0.1) is 18.5 Å². The second-order valence-corrected chi connectivity index (χ2v) is 7.68. The average Bonchev–Trinajstić information content (AvgIpc) is 3.20. The first kappa shape index (κ1) is 23.7. The summed E-state index contributed by atoms with van der Waals surface area (Å²) < 4.78 is 91.7. The van der Waals surface area contributed by atoms with Gasteiger partial charge in [-0.05, 0) is 18.1 Å². The van der Waals surface area contributed by atoms with E-state index in [1.165, 1.54) is 18.5 Å². The number of aliphatic hydroxyl groups is 1. The second-order valence-electron chi connectivity index (χ2n) is 7.68. The first-order valence-corrected chi connectivity index (χ1v) is 9.99. The van der Waals surface area contributed by atoms with E-state index in [0.717, 1.165) is 12.1 Å². The van der Waals surface area contributed by atoms with Crippen molar-refractivity contribution in [2.24, 2.45) is 4.99 Å². The van der Waals surface area contributed by atoms with Crippen LogP contribution in [0.1, 0.15) is 12.0 Å². The Hall–Kier alpha value is -3.48. The fourth-order valence-electron chi connectivity index (χ4n) is 3.29. The first-order valence-electron chi connectivity index (χ1n) is 9.99. The van der Waals surface area contributed by atoms with Crippen LogP contribution in [0.25, 0.3) is 11.0 Å². The minimum absolute atomic E-state index is 0.0785. The number of hydrogen-bond donors (Lipinski definition) is 3. The number of aromatic nitrogens is 2. The maximum absolute atomic E-state index is 14.7. The van der Waals surface area contributed by atoms with Gasteiger partial charge < -0.3 is 24.9 Å². The van der Waals surface area contributed by atoms with Gasteiger partial charge in [0.1, 0.15) is 18.0 Å². The molecule has 1 atom stereocenters. The van der Waals surface area contributed by atoms with Gasteiger partial charge in [-0.3, -0.25) is 0 Å². The van der Waals surface area contributed by atoms with Gasteiger partial charge in [-0.25, -0.2) is 23.1 Å². The smallest absolute Gasteiger partial charge is 0.389 e. The summed E-state index contributed by atoms with van der Waals surface area (Å²) in [6, 6.07) is 2.86. The molecule has 0 spiro atoms. The minimum Gasteiger partial charge on any atom is -0.461 e. The Labute approximate surface area is 188 Å². The maximum atomic E-state index is 14.7. The Bertz CT molecular complexity index is 1210. The number of fused-ring (bicyclic) bond motifs is 1. The van der Waals surface area contributed by atoms with Crippen molar-refractivity contribution in [2.75, 3.05) is 25.1 Å². The number of aliphatic imine (C=N–C) groups is 1. The number of pyridine rings is 1. The average molecular weight is 488 g/mol. The van der Waals surface area contributed by atoms with Crippen molar-refractivity contribution in [1.29, 1.82) is 0 Å². The van der Waals surface area contributed by atoms with Gasteiger partial charge >= 0.3 is 6.18 Å². The lowest BCUT2D eigenvalue weighted by molar-refractivity contribution is -0.133. The van der Waals surface area contributed by atoms with Gasteiger partial charge in [-0.1, -0.05) is 0 Å². The molecule has 3 aromatic rings. The molecule has 1 aliphatic rings. The van der Waals surface area contributed by atoms with E-state index in [0.29, 0.717) is 0 Å². The lowest BCUT2D eigenvalue weighted by atomic mass is 10.1. The SMILES string of the molecule is OC[C@]1(F)CN=C(Nc2cc(F)c(Oc3ccnc4[nH]cc(CCC(F)(F)F)c34)c(F)c2)OC1. The number of halogens is 6. The molecule has 2 aromatic heterocycles. The van der Waals surface area contributed by atoms with Crippen LogP contribution in [0, 0.1) is 11.6 Å². The van der Waals surface area contributed by atoms with E-state index in [9.17, 15) is 26.3 Å². The zero-order valence-corrected chi connectivity index (χ0v) is 17.3. The summed E-state index contributed by atoms with van der Waals surface area (Å²) in [5, 5.41) is 11.7. The molecular weight excluding hydrogens is 470 g/mol. The number of nitrogens with one attached hydrogen (secondary N) is 2. The van der Waals surface area contributed by atoms with E-state index < -0.39 is 55.4 Å². The van der Waals surface area contributed by atoms with Gasteiger partial charge in [-0.2, -0.15) is 13.2 Å². The third-order valence-electron chi connectivity index (χ3n) is 5.01. The van der Waals surface area contributed by atoms with Gasteiger partial charge in [0, 0.05) is 36.6 Å². The van der Waals surface area contributed by atoms with Crippen LogP contribution in [0.4, 0.5) is 32.0 Å². The summed E-state index contributed by atoms with van der Waals surface area (Å²) in [6.45, 7) is -1.68. The Balaban J connectivity index is 1.56. The molecule has 1 aliphatic heterocycles. The van der Waals surface area contributed by atoms with Crippen LogP contribution in [-0.4, -0.2) is 52.7 Å². The van der Waals surface area contributed by atoms with Crippen LogP contribution in [0.15, 0.2) is 35.6 Å². The number of alkyl halides is 4. The van der Waals surface area contributed by atoms with E-state index >= 15 is 0 Å². The summed E-state index contributed by atoms with van der Waals surface area (Å²) in [5.41, 5.74) is -1.71. The van der Waals surface area contributed by atoms with Gasteiger partial charge in [-0.15, -0.1) is 0 Å². The summed E-state index contributed by atoms with van der Waals surface area (Å²) in [7, 11) is 0. The van der Waals surface area contributed by atoms with E-state index in [1.54, 1.807) is 0 Å². The number of nitrogens with zero attached hydrogens (tertiary/aromatic N) is 2. The molecule has 0 saturated carbocycles. The molecule has 0 saturated heterocycles. The predicted molar refractivity (Wildman–Crippen MR) is 110 cm³/mol. The first-order chi connectivity index (χ1) is 16.1. The van der Waals surface area contributed by atoms with Crippen molar-refractivity contribution < 1.29 is 40.9 Å². The largest absolute Gasteiger partial charge is 0.461 e. The molecule has 4 rings (SSSR count). The Morgan fingerprint density at radius 2 is 1.97 bits per heavy atom. The molecule has 3 heterocycles. The number of amidine groups is 1. The third kappa shape index (κ3) is 5.19. The quantitative estimate of drug-likeness (QED) is 0.441. The number of hydrogen-bond acceptors (Lipinski definition) is 6. The molecule has 0 amide bonds. The highest BCUT2D eigenvalue weighted by Gasteiger charge is 2.34. The number of anilines is 1. The second kappa shape index (κ2) is 9.05. The molecule has 0 fully saturated rings. The minimum atomic E-state index is -4.38. The molecule has 13 heteroatoms. The van der Waals surface area contributed by atoms with Gasteiger partial charge in [0.2, 0.25) is 0 Å². The number of rotatable bonds is 6. The van der Waals surface area contributed by atoms with Crippen molar-refractivity contribution in [1.82, 2.24) is 9.97 Å². The molecule has 0 unspecified atom stereocenters. The van der Waals surface area contributed by atoms with E-state index in [4.69, 9.17) is 14.6 Å². The molecule has 7 nitrogen and oxygen atoms in total. The van der Waals surface area contributed by atoms with Crippen molar-refractivity contribution in [3.63, 3.8) is 0 Å². The maximum Gasteiger partial charge on any atom is 0.389 e. The molecule has 1 aromatic carbocycles. The fourth-order valence-corrected chi connectivity index (χ4v) is 3.29. The summed E-state index contributed by atoms with van der Waals surface area (Å²) in [5.74, 6) is -3.10. The molecule has 0 aliphatic carbocycles. The number of benzene rings is 1. The van der Waals surface area contributed by atoms with Crippen molar-refractivity contribution >= 4 is 22.7 Å². The molecule has 0 bridgehead atoms. The number of H-pyrrole nitrogens is 1. The van der Waals surface area contributed by atoms with E-state index in [1.807, 2.05) is 0 Å². The van der Waals surface area contributed by atoms with E-state index in [2.05, 4.69) is 20.3 Å². The summed E-state index contributed by atoms with van der Waals surface area (Å²) in [4.78, 5) is 10.5.